The van der Waals surface area contributed by atoms with Crippen LogP contribution >= 0.6 is 11.6 Å². The van der Waals surface area contributed by atoms with E-state index < -0.39 is 17.8 Å². The van der Waals surface area contributed by atoms with Crippen molar-refractivity contribution in [1.29, 1.82) is 0 Å². The second kappa shape index (κ2) is 10.0. The first-order chi connectivity index (χ1) is 14.2. The molecule has 1 heterocycles. The molecule has 1 saturated heterocycles. The first kappa shape index (κ1) is 22.9. The van der Waals surface area contributed by atoms with Gasteiger partial charge in [-0.2, -0.15) is 13.2 Å². The quantitative estimate of drug-likeness (QED) is 0.690. The van der Waals surface area contributed by atoms with Gasteiger partial charge in [0.2, 0.25) is 0 Å². The number of hydrogen-bond donors (Lipinski definition) is 2. The molecule has 0 aromatic heterocycles. The van der Waals surface area contributed by atoms with E-state index in [0.29, 0.717) is 30.3 Å². The summed E-state index contributed by atoms with van der Waals surface area (Å²) in [5, 5.41) is 11.0. The highest BCUT2D eigenvalue weighted by Crippen LogP contribution is 2.31. The Balaban J connectivity index is 1.43. The van der Waals surface area contributed by atoms with E-state index in [4.69, 9.17) is 16.3 Å². The van der Waals surface area contributed by atoms with Crippen LogP contribution in [0.5, 0.6) is 0 Å². The molecule has 0 unspecified atom stereocenters. The standard InChI is InChI=1S/C22H26ClF3N2O2/c1-16(17-5-7-19(23)8-6-17)30-15-21(29)14-27-9-11-28(12-10-27)20-4-2-3-18(13-20)22(24,25)26/h2-8,13,16,21,29H,9-12,14-15H2,1H3/p+1/t16-,21-/m0/s1. The summed E-state index contributed by atoms with van der Waals surface area (Å²) in [4.78, 5) is 3.18. The van der Waals surface area contributed by atoms with Gasteiger partial charge in [-0.1, -0.05) is 29.8 Å². The molecule has 2 aromatic rings. The van der Waals surface area contributed by atoms with E-state index in [0.717, 1.165) is 24.7 Å². The zero-order valence-electron chi connectivity index (χ0n) is 16.8. The number of aliphatic hydroxyl groups excluding tert-OH is 1. The summed E-state index contributed by atoms with van der Waals surface area (Å²) in [6, 6.07) is 12.9. The highest BCUT2D eigenvalue weighted by Gasteiger charge is 2.31. The topological polar surface area (TPSA) is 37.1 Å². The van der Waals surface area contributed by atoms with Crippen molar-refractivity contribution in [3.05, 3.63) is 64.7 Å². The molecule has 0 aliphatic carbocycles. The van der Waals surface area contributed by atoms with Gasteiger partial charge in [-0.3, -0.25) is 0 Å². The molecule has 4 nitrogen and oxygen atoms in total. The number of benzene rings is 2. The molecule has 2 N–H and O–H groups in total. The smallest absolute Gasteiger partial charge is 0.385 e. The van der Waals surface area contributed by atoms with E-state index in [-0.39, 0.29) is 12.7 Å². The number of halogens is 4. The van der Waals surface area contributed by atoms with Crippen LogP contribution in [0.3, 0.4) is 0 Å². The highest BCUT2D eigenvalue weighted by atomic mass is 35.5. The van der Waals surface area contributed by atoms with E-state index in [1.165, 1.54) is 17.0 Å². The summed E-state index contributed by atoms with van der Waals surface area (Å²) in [5.74, 6) is 0. The monoisotopic (exact) mass is 443 g/mol. The molecule has 2 atom stereocenters. The summed E-state index contributed by atoms with van der Waals surface area (Å²) in [5.41, 5.74) is 0.954. The lowest BCUT2D eigenvalue weighted by atomic mass is 10.1. The minimum absolute atomic E-state index is 0.148. The van der Waals surface area contributed by atoms with Gasteiger partial charge in [0.1, 0.15) is 12.6 Å². The zero-order chi connectivity index (χ0) is 21.7. The summed E-state index contributed by atoms with van der Waals surface area (Å²) in [6.45, 7) is 5.49. The predicted octanol–water partition coefficient (Wildman–Crippen LogP) is 3.20. The summed E-state index contributed by atoms with van der Waals surface area (Å²) in [7, 11) is 0. The number of rotatable bonds is 7. The second-order valence-corrected chi connectivity index (χ2v) is 8.11. The highest BCUT2D eigenvalue weighted by molar-refractivity contribution is 6.30. The Bertz CT molecular complexity index is 809. The molecule has 8 heteroatoms. The Hall–Kier alpha value is -1.80. The molecule has 0 saturated carbocycles. The zero-order valence-corrected chi connectivity index (χ0v) is 17.6. The van der Waals surface area contributed by atoms with Gasteiger partial charge in [-0.15, -0.1) is 0 Å². The fourth-order valence-electron chi connectivity index (χ4n) is 3.64. The first-order valence-electron chi connectivity index (χ1n) is 10.0. The van der Waals surface area contributed by atoms with E-state index in [1.807, 2.05) is 24.0 Å². The van der Waals surface area contributed by atoms with Crippen LogP contribution in [-0.4, -0.2) is 50.5 Å². The van der Waals surface area contributed by atoms with Gasteiger partial charge in [0.05, 0.1) is 44.5 Å². The number of nitrogens with one attached hydrogen (secondary N) is 1. The first-order valence-corrected chi connectivity index (χ1v) is 10.4. The molecule has 1 fully saturated rings. The minimum atomic E-state index is -4.34. The SMILES string of the molecule is C[C@H](OC[C@@H](O)C[NH+]1CCN(c2cccc(C(F)(F)F)c2)CC1)c1ccc(Cl)cc1. The summed E-state index contributed by atoms with van der Waals surface area (Å²) >= 11 is 5.89. The van der Waals surface area contributed by atoms with Crippen molar-refractivity contribution in [1.82, 2.24) is 0 Å². The number of anilines is 1. The number of alkyl halides is 3. The average molecular weight is 444 g/mol. The van der Waals surface area contributed by atoms with Crippen molar-refractivity contribution in [2.45, 2.75) is 25.3 Å². The van der Waals surface area contributed by atoms with Gasteiger partial charge in [0.15, 0.2) is 0 Å². The second-order valence-electron chi connectivity index (χ2n) is 7.67. The minimum Gasteiger partial charge on any atom is -0.385 e. The normalized spacial score (nSPS) is 17.7. The molecule has 3 rings (SSSR count). The fraction of sp³-hybridized carbons (Fsp3) is 0.455. The van der Waals surface area contributed by atoms with Crippen LogP contribution in [0, 0.1) is 0 Å². The summed E-state index contributed by atoms with van der Waals surface area (Å²) in [6.07, 6.45) is -5.09. The lowest BCUT2D eigenvalue weighted by Gasteiger charge is -2.34. The van der Waals surface area contributed by atoms with Crippen molar-refractivity contribution in [3.63, 3.8) is 0 Å². The predicted molar refractivity (Wildman–Crippen MR) is 111 cm³/mol. The molecular formula is C22H27ClF3N2O2+. The van der Waals surface area contributed by atoms with Crippen molar-refractivity contribution in [2.75, 3.05) is 44.2 Å². The molecule has 30 heavy (non-hydrogen) atoms. The lowest BCUT2D eigenvalue weighted by Crippen LogP contribution is -3.16. The maximum atomic E-state index is 12.9. The third-order valence-electron chi connectivity index (χ3n) is 5.41. The third kappa shape index (κ3) is 6.35. The number of piperazine rings is 1. The van der Waals surface area contributed by atoms with E-state index >= 15 is 0 Å². The van der Waals surface area contributed by atoms with E-state index in [2.05, 4.69) is 0 Å². The van der Waals surface area contributed by atoms with Crippen molar-refractivity contribution >= 4 is 17.3 Å². The molecule has 2 aromatic carbocycles. The maximum absolute atomic E-state index is 12.9. The molecular weight excluding hydrogens is 417 g/mol. The molecule has 0 amide bonds. The maximum Gasteiger partial charge on any atom is 0.416 e. The lowest BCUT2D eigenvalue weighted by molar-refractivity contribution is -0.903. The Morgan fingerprint density at radius 3 is 2.43 bits per heavy atom. The number of aliphatic hydroxyl groups is 1. The van der Waals surface area contributed by atoms with Gasteiger partial charge < -0.3 is 19.6 Å². The fourth-order valence-corrected chi connectivity index (χ4v) is 3.77. The number of hydrogen-bond acceptors (Lipinski definition) is 3. The van der Waals surface area contributed by atoms with Crippen LogP contribution < -0.4 is 9.80 Å². The van der Waals surface area contributed by atoms with Crippen LogP contribution in [0.15, 0.2) is 48.5 Å². The van der Waals surface area contributed by atoms with Crippen molar-refractivity contribution in [3.8, 4) is 0 Å². The van der Waals surface area contributed by atoms with E-state index in [1.54, 1.807) is 18.2 Å². The Labute approximate surface area is 179 Å². The van der Waals surface area contributed by atoms with Gasteiger partial charge in [0.25, 0.3) is 0 Å². The molecule has 1 aliphatic heterocycles. The largest absolute Gasteiger partial charge is 0.416 e. The van der Waals surface area contributed by atoms with Crippen LogP contribution in [0.1, 0.15) is 24.2 Å². The molecule has 0 spiro atoms. The van der Waals surface area contributed by atoms with Gasteiger partial charge in [-0.05, 0) is 42.8 Å². The molecule has 164 valence electrons. The van der Waals surface area contributed by atoms with E-state index in [9.17, 15) is 18.3 Å². The number of quaternary nitrogens is 1. The Morgan fingerprint density at radius 1 is 1.13 bits per heavy atom. The molecule has 1 aliphatic rings. The average Bonchev–Trinajstić information content (AvgIpc) is 2.72. The summed E-state index contributed by atoms with van der Waals surface area (Å²) < 4.78 is 44.6. The Morgan fingerprint density at radius 2 is 1.80 bits per heavy atom. The molecule has 0 bridgehead atoms. The van der Waals surface area contributed by atoms with Gasteiger partial charge >= 0.3 is 6.18 Å². The number of nitrogens with zero attached hydrogens (tertiary/aromatic N) is 1. The van der Waals surface area contributed by atoms with Crippen LogP contribution in [0.25, 0.3) is 0 Å². The molecule has 0 radical (unpaired) electrons. The van der Waals surface area contributed by atoms with Crippen LogP contribution in [0.2, 0.25) is 5.02 Å². The number of ether oxygens (including phenoxy) is 1. The van der Waals surface area contributed by atoms with Crippen LogP contribution in [0.4, 0.5) is 18.9 Å². The third-order valence-corrected chi connectivity index (χ3v) is 5.66. The van der Waals surface area contributed by atoms with Crippen molar-refractivity contribution < 1.29 is 27.9 Å². The van der Waals surface area contributed by atoms with Gasteiger partial charge in [0, 0.05) is 10.7 Å². The van der Waals surface area contributed by atoms with Crippen LogP contribution in [-0.2, 0) is 10.9 Å². The van der Waals surface area contributed by atoms with Gasteiger partial charge in [-0.25, -0.2) is 0 Å². The Kier molecular flexibility index (Phi) is 7.63. The van der Waals surface area contributed by atoms with Crippen molar-refractivity contribution in [2.24, 2.45) is 0 Å².